The Morgan fingerprint density at radius 3 is 2.54 bits per heavy atom. The van der Waals surface area contributed by atoms with Crippen LogP contribution < -0.4 is 11.5 Å². The van der Waals surface area contributed by atoms with Crippen LogP contribution in [0, 0.1) is 0 Å². The molecule has 1 aromatic heterocycles. The van der Waals surface area contributed by atoms with Gasteiger partial charge in [0.15, 0.2) is 6.29 Å². The number of aromatic nitrogens is 1. The van der Waals surface area contributed by atoms with Crippen LogP contribution in [0.2, 0.25) is 0 Å². The summed E-state index contributed by atoms with van der Waals surface area (Å²) in [4.78, 5) is 13.6. The molecule has 0 atom stereocenters. The largest absolute Gasteiger partial charge is 0.397 e. The van der Waals surface area contributed by atoms with Gasteiger partial charge in [-0.25, -0.2) is 13.8 Å². The van der Waals surface area contributed by atoms with Crippen molar-refractivity contribution in [2.45, 2.75) is 6.43 Å². The van der Waals surface area contributed by atoms with Gasteiger partial charge in [0, 0.05) is 0 Å². The second kappa shape index (κ2) is 3.34. The van der Waals surface area contributed by atoms with Gasteiger partial charge in [-0.15, -0.1) is 0 Å². The molecule has 4 nitrogen and oxygen atoms in total. The Kier molecular flexibility index (Phi) is 2.41. The third-order valence-corrected chi connectivity index (χ3v) is 1.48. The summed E-state index contributed by atoms with van der Waals surface area (Å²) in [6.45, 7) is 0. The SMILES string of the molecule is Nc1cc(C=O)c(N)nc1C(F)F. The van der Waals surface area contributed by atoms with Gasteiger partial charge in [0.25, 0.3) is 6.43 Å². The summed E-state index contributed by atoms with van der Waals surface area (Å²) in [5.74, 6) is -0.237. The maximum absolute atomic E-state index is 12.2. The van der Waals surface area contributed by atoms with Crippen LogP contribution in [0.4, 0.5) is 20.3 Å². The minimum Gasteiger partial charge on any atom is -0.397 e. The van der Waals surface area contributed by atoms with E-state index in [2.05, 4.69) is 4.98 Å². The lowest BCUT2D eigenvalue weighted by Gasteiger charge is -2.05. The van der Waals surface area contributed by atoms with Crippen molar-refractivity contribution in [1.82, 2.24) is 4.98 Å². The van der Waals surface area contributed by atoms with Crippen molar-refractivity contribution >= 4 is 17.8 Å². The van der Waals surface area contributed by atoms with Gasteiger partial charge in [-0.05, 0) is 6.07 Å². The van der Waals surface area contributed by atoms with E-state index < -0.39 is 12.1 Å². The molecule has 0 fully saturated rings. The van der Waals surface area contributed by atoms with Gasteiger partial charge in [-0.2, -0.15) is 0 Å². The van der Waals surface area contributed by atoms with Crippen molar-refractivity contribution in [1.29, 1.82) is 0 Å². The van der Waals surface area contributed by atoms with Crippen LogP contribution in [0.1, 0.15) is 22.5 Å². The van der Waals surface area contributed by atoms with Crippen molar-refractivity contribution in [3.63, 3.8) is 0 Å². The van der Waals surface area contributed by atoms with Gasteiger partial charge >= 0.3 is 0 Å². The van der Waals surface area contributed by atoms with Gasteiger partial charge in [-0.3, -0.25) is 4.79 Å². The first-order valence-corrected chi connectivity index (χ1v) is 3.35. The molecule has 0 amide bonds. The van der Waals surface area contributed by atoms with Crippen LogP contribution in [0.3, 0.4) is 0 Å². The molecule has 0 aromatic carbocycles. The number of nitrogen functional groups attached to an aromatic ring is 2. The Labute approximate surface area is 72.6 Å². The molecule has 70 valence electrons. The monoisotopic (exact) mass is 187 g/mol. The number of pyridine rings is 1. The highest BCUT2D eigenvalue weighted by Gasteiger charge is 2.15. The molecule has 4 N–H and O–H groups in total. The maximum atomic E-state index is 12.2. The number of halogens is 2. The minimum absolute atomic E-state index is 0.0156. The smallest absolute Gasteiger partial charge is 0.282 e. The molecule has 0 aliphatic carbocycles. The highest BCUT2D eigenvalue weighted by molar-refractivity contribution is 5.83. The second-order valence-corrected chi connectivity index (χ2v) is 2.36. The highest BCUT2D eigenvalue weighted by Crippen LogP contribution is 2.25. The summed E-state index contributed by atoms with van der Waals surface area (Å²) in [5.41, 5.74) is 9.61. The minimum atomic E-state index is -2.79. The lowest BCUT2D eigenvalue weighted by Crippen LogP contribution is -2.05. The first-order valence-electron chi connectivity index (χ1n) is 3.35. The number of anilines is 2. The van der Waals surface area contributed by atoms with E-state index in [0.29, 0.717) is 6.29 Å². The predicted octanol–water partition coefficient (Wildman–Crippen LogP) is 0.996. The zero-order valence-corrected chi connectivity index (χ0v) is 6.50. The summed E-state index contributed by atoms with van der Waals surface area (Å²) in [7, 11) is 0. The molecule has 0 bridgehead atoms. The van der Waals surface area contributed by atoms with E-state index in [4.69, 9.17) is 11.5 Å². The molecule has 1 rings (SSSR count). The molecule has 0 aliphatic rings. The van der Waals surface area contributed by atoms with Crippen molar-refractivity contribution in [3.05, 3.63) is 17.3 Å². The first-order chi connectivity index (χ1) is 6.06. The van der Waals surface area contributed by atoms with E-state index in [-0.39, 0.29) is 17.1 Å². The summed E-state index contributed by atoms with van der Waals surface area (Å²) < 4.78 is 24.3. The third-order valence-electron chi connectivity index (χ3n) is 1.48. The number of nitrogens with zero attached hydrogens (tertiary/aromatic N) is 1. The number of aldehydes is 1. The molecule has 1 heterocycles. The molecule has 6 heteroatoms. The Morgan fingerprint density at radius 2 is 2.08 bits per heavy atom. The Bertz CT molecular complexity index is 341. The fourth-order valence-electron chi connectivity index (χ4n) is 0.843. The normalized spacial score (nSPS) is 10.4. The molecule has 0 radical (unpaired) electrons. The van der Waals surface area contributed by atoms with Gasteiger partial charge < -0.3 is 11.5 Å². The molecule has 13 heavy (non-hydrogen) atoms. The van der Waals surface area contributed by atoms with Crippen LogP contribution in [0.15, 0.2) is 6.07 Å². The van der Waals surface area contributed by atoms with Crippen molar-refractivity contribution < 1.29 is 13.6 Å². The fourth-order valence-corrected chi connectivity index (χ4v) is 0.843. The first kappa shape index (κ1) is 9.37. The summed E-state index contributed by atoms with van der Waals surface area (Å²) in [6.07, 6.45) is -2.38. The number of nitrogens with two attached hydrogens (primary N) is 2. The number of carbonyl (C=O) groups excluding carboxylic acids is 1. The zero-order valence-electron chi connectivity index (χ0n) is 6.50. The summed E-state index contributed by atoms with van der Waals surface area (Å²) >= 11 is 0. The summed E-state index contributed by atoms with van der Waals surface area (Å²) in [5, 5.41) is 0. The lowest BCUT2D eigenvalue weighted by molar-refractivity contribution is 0.112. The van der Waals surface area contributed by atoms with E-state index in [1.807, 2.05) is 0 Å². The van der Waals surface area contributed by atoms with Gasteiger partial charge in [0.1, 0.15) is 11.5 Å². The predicted molar refractivity (Wildman–Crippen MR) is 43.4 cm³/mol. The Morgan fingerprint density at radius 1 is 1.46 bits per heavy atom. The van der Waals surface area contributed by atoms with Crippen LogP contribution in [-0.4, -0.2) is 11.3 Å². The van der Waals surface area contributed by atoms with Gasteiger partial charge in [-0.1, -0.05) is 0 Å². The Balaban J connectivity index is 3.28. The fraction of sp³-hybridized carbons (Fsp3) is 0.143. The molecule has 0 aliphatic heterocycles. The molecule has 0 saturated heterocycles. The number of carbonyl (C=O) groups is 1. The number of hydrogen-bond donors (Lipinski definition) is 2. The van der Waals surface area contributed by atoms with E-state index >= 15 is 0 Å². The number of rotatable bonds is 2. The summed E-state index contributed by atoms with van der Waals surface area (Å²) in [6, 6.07) is 1.08. The standard InChI is InChI=1S/C7H7F2N3O/c8-6(9)5-4(10)1-3(2-13)7(11)12-5/h1-2,6H,10H2,(H2,11,12). The maximum Gasteiger partial charge on any atom is 0.282 e. The molecular weight excluding hydrogens is 180 g/mol. The Hall–Kier alpha value is -1.72. The van der Waals surface area contributed by atoms with Crippen LogP contribution in [0.5, 0.6) is 0 Å². The van der Waals surface area contributed by atoms with Crippen LogP contribution >= 0.6 is 0 Å². The molecule has 0 spiro atoms. The average Bonchev–Trinajstić information content (AvgIpc) is 2.07. The third kappa shape index (κ3) is 1.71. The molecule has 1 aromatic rings. The van der Waals surface area contributed by atoms with Crippen molar-refractivity contribution in [2.75, 3.05) is 11.5 Å². The van der Waals surface area contributed by atoms with Crippen LogP contribution in [0.25, 0.3) is 0 Å². The number of hydrogen-bond acceptors (Lipinski definition) is 4. The second-order valence-electron chi connectivity index (χ2n) is 2.36. The van der Waals surface area contributed by atoms with E-state index in [0.717, 1.165) is 6.07 Å². The lowest BCUT2D eigenvalue weighted by atomic mass is 10.2. The molecule has 0 unspecified atom stereocenters. The van der Waals surface area contributed by atoms with Crippen molar-refractivity contribution in [2.24, 2.45) is 0 Å². The zero-order chi connectivity index (χ0) is 10.0. The van der Waals surface area contributed by atoms with E-state index in [1.165, 1.54) is 0 Å². The quantitative estimate of drug-likeness (QED) is 0.676. The van der Waals surface area contributed by atoms with Crippen molar-refractivity contribution in [3.8, 4) is 0 Å². The molecular formula is C7H7F2N3O. The van der Waals surface area contributed by atoms with Crippen LogP contribution in [-0.2, 0) is 0 Å². The topological polar surface area (TPSA) is 82.0 Å². The molecule has 0 saturated carbocycles. The van der Waals surface area contributed by atoms with E-state index in [1.54, 1.807) is 0 Å². The van der Waals surface area contributed by atoms with Gasteiger partial charge in [0.2, 0.25) is 0 Å². The van der Waals surface area contributed by atoms with Gasteiger partial charge in [0.05, 0.1) is 11.3 Å². The highest BCUT2D eigenvalue weighted by atomic mass is 19.3. The number of alkyl halides is 2. The van der Waals surface area contributed by atoms with E-state index in [9.17, 15) is 13.6 Å². The average molecular weight is 187 g/mol.